The van der Waals surface area contributed by atoms with E-state index in [1.165, 1.54) is 0 Å². The van der Waals surface area contributed by atoms with E-state index < -0.39 is 20.5 Å². The van der Waals surface area contributed by atoms with Gasteiger partial charge in [0.25, 0.3) is 0 Å². The van der Waals surface area contributed by atoms with Crippen LogP contribution in [0.3, 0.4) is 0 Å². The van der Waals surface area contributed by atoms with Gasteiger partial charge in [-0.3, -0.25) is 0 Å². The van der Waals surface area contributed by atoms with E-state index in [9.17, 15) is 9.59 Å². The molecule has 0 radical (unpaired) electrons. The molecule has 4 aromatic rings. The Morgan fingerprint density at radius 1 is 0.515 bits per heavy atom. The molecule has 33 heavy (non-hydrogen) atoms. The van der Waals surface area contributed by atoms with Gasteiger partial charge >= 0.3 is 20.5 Å². The van der Waals surface area contributed by atoms with Gasteiger partial charge < -0.3 is 9.16 Å². The number of para-hydroxylation sites is 1. The highest BCUT2D eigenvalue weighted by Gasteiger charge is 2.45. The Balaban J connectivity index is 1.69. The van der Waals surface area contributed by atoms with Gasteiger partial charge in [-0.25, -0.2) is 9.59 Å². The summed E-state index contributed by atoms with van der Waals surface area (Å²) in [6.45, 7) is 0. The van der Waals surface area contributed by atoms with E-state index in [0.29, 0.717) is 5.75 Å². The van der Waals surface area contributed by atoms with Crippen LogP contribution in [0.4, 0.5) is 9.59 Å². The number of carbonyl (C=O) groups excluding carboxylic acids is 2. The normalized spacial score (nSPS) is 11.2. The molecule has 0 N–H and O–H groups in total. The highest BCUT2D eigenvalue weighted by atomic mass is 28.4. The summed E-state index contributed by atoms with van der Waals surface area (Å²) < 4.78 is 11.2. The first kappa shape index (κ1) is 21.9. The van der Waals surface area contributed by atoms with Crippen LogP contribution in [0.2, 0.25) is 0 Å². The average Bonchev–Trinajstić information content (AvgIpc) is 2.88. The molecule has 0 aromatic heterocycles. The third kappa shape index (κ3) is 5.11. The maximum absolute atomic E-state index is 12.9. The summed E-state index contributed by atoms with van der Waals surface area (Å²) in [4.78, 5) is 24.9. The molecule has 6 nitrogen and oxygen atoms in total. The third-order valence-corrected chi connectivity index (χ3v) is 8.86. The molecular weight excluding hydrogens is 432 g/mol. The van der Waals surface area contributed by atoms with E-state index in [-0.39, 0.29) is 0 Å². The molecule has 0 saturated carbocycles. The van der Waals surface area contributed by atoms with Gasteiger partial charge in [0, 0.05) is 0 Å². The number of ether oxygens (including phenoxy) is 1. The zero-order valence-corrected chi connectivity index (χ0v) is 18.6. The summed E-state index contributed by atoms with van der Waals surface area (Å²) in [5.74, 6) is 0.302. The van der Waals surface area contributed by atoms with Crippen molar-refractivity contribution in [1.29, 1.82) is 0 Å². The van der Waals surface area contributed by atoms with Crippen LogP contribution in [0, 0.1) is 0 Å². The van der Waals surface area contributed by atoms with Crippen molar-refractivity contribution in [2.75, 3.05) is 0 Å². The fourth-order valence-electron chi connectivity index (χ4n) is 3.54. The summed E-state index contributed by atoms with van der Waals surface area (Å²) in [7, 11) is -3.29. The number of amides is 2. The van der Waals surface area contributed by atoms with Crippen LogP contribution in [-0.2, 0) is 4.43 Å². The lowest BCUT2D eigenvalue weighted by molar-refractivity contribution is 0.200. The van der Waals surface area contributed by atoms with Crippen LogP contribution in [0.1, 0.15) is 0 Å². The molecule has 0 bridgehead atoms. The Morgan fingerprint density at radius 3 is 1.30 bits per heavy atom. The quantitative estimate of drug-likeness (QED) is 0.255. The molecule has 0 fully saturated rings. The maximum Gasteiger partial charge on any atom is 0.458 e. The SMILES string of the molecule is O=C(/N=N/C(=O)O[Si](c1ccccc1)(c1ccccc1)c1ccccc1)Oc1ccccc1. The Hall–Kier alpha value is -4.36. The lowest BCUT2D eigenvalue weighted by atomic mass is 10.3. The van der Waals surface area contributed by atoms with Gasteiger partial charge in [0.05, 0.1) is 0 Å². The summed E-state index contributed by atoms with van der Waals surface area (Å²) in [6, 6.07) is 37.1. The minimum Gasteiger partial charge on any atom is -0.487 e. The average molecular weight is 453 g/mol. The van der Waals surface area contributed by atoms with E-state index >= 15 is 0 Å². The second kappa shape index (κ2) is 10.3. The molecule has 4 aromatic carbocycles. The summed E-state index contributed by atoms with van der Waals surface area (Å²) in [6.07, 6.45) is -1.98. The lowest BCUT2D eigenvalue weighted by Crippen LogP contribution is -2.69. The van der Waals surface area contributed by atoms with Crippen molar-refractivity contribution in [2.45, 2.75) is 0 Å². The predicted molar refractivity (Wildman–Crippen MR) is 128 cm³/mol. The fraction of sp³-hybridized carbons (Fsp3) is 0. The van der Waals surface area contributed by atoms with Crippen molar-refractivity contribution >= 4 is 36.1 Å². The molecule has 7 heteroatoms. The van der Waals surface area contributed by atoms with Crippen LogP contribution in [-0.4, -0.2) is 20.5 Å². The molecule has 4 rings (SSSR count). The number of rotatable bonds is 5. The largest absolute Gasteiger partial charge is 0.487 e. The van der Waals surface area contributed by atoms with Crippen LogP contribution >= 0.6 is 0 Å². The molecule has 0 saturated heterocycles. The number of hydrogen-bond acceptors (Lipinski definition) is 4. The van der Waals surface area contributed by atoms with Gasteiger partial charge in [-0.15, -0.1) is 0 Å². The van der Waals surface area contributed by atoms with E-state index in [1.807, 2.05) is 91.0 Å². The smallest absolute Gasteiger partial charge is 0.458 e. The summed E-state index contributed by atoms with van der Waals surface area (Å²) >= 11 is 0. The molecule has 0 unspecified atom stereocenters. The van der Waals surface area contributed by atoms with Gasteiger partial charge in [0.1, 0.15) is 5.75 Å². The number of azo groups is 1. The Bertz CT molecular complexity index is 1140. The minimum absolute atomic E-state index is 0.302. The van der Waals surface area contributed by atoms with Crippen LogP contribution < -0.4 is 20.3 Å². The molecule has 0 heterocycles. The predicted octanol–water partition coefficient (Wildman–Crippen LogP) is 4.44. The molecule has 0 spiro atoms. The van der Waals surface area contributed by atoms with Crippen LogP contribution in [0.25, 0.3) is 0 Å². The van der Waals surface area contributed by atoms with Crippen molar-refractivity contribution in [1.82, 2.24) is 0 Å². The Kier molecular flexibility index (Phi) is 6.82. The van der Waals surface area contributed by atoms with Crippen molar-refractivity contribution in [3.8, 4) is 5.75 Å². The topological polar surface area (TPSA) is 77.3 Å². The highest BCUT2D eigenvalue weighted by molar-refractivity contribution is 7.07. The molecule has 0 aliphatic rings. The van der Waals surface area contributed by atoms with Crippen molar-refractivity contribution in [2.24, 2.45) is 10.2 Å². The van der Waals surface area contributed by atoms with E-state index in [0.717, 1.165) is 15.6 Å². The number of carbonyl (C=O) groups is 2. The highest BCUT2D eigenvalue weighted by Crippen LogP contribution is 2.12. The van der Waals surface area contributed by atoms with Gasteiger partial charge in [-0.05, 0) is 27.7 Å². The molecule has 0 atom stereocenters. The first-order chi connectivity index (χ1) is 16.2. The van der Waals surface area contributed by atoms with Crippen LogP contribution in [0.15, 0.2) is 132 Å². The Labute approximate surface area is 192 Å². The van der Waals surface area contributed by atoms with E-state index in [1.54, 1.807) is 30.3 Å². The minimum atomic E-state index is -3.29. The summed E-state index contributed by atoms with van der Waals surface area (Å²) in [5, 5.41) is 9.48. The molecular formula is C26H20N2O4Si. The van der Waals surface area contributed by atoms with E-state index in [2.05, 4.69) is 10.2 Å². The standard InChI is InChI=1S/C26H20N2O4Si/c29-25(31-21-13-5-1-6-14-21)27-28-26(30)32-33(22-15-7-2-8-16-22,23-17-9-3-10-18-23)24-19-11-4-12-20-24/h1-20H/b28-27+. The molecule has 2 amide bonds. The summed E-state index contributed by atoms with van der Waals surface area (Å²) in [5.41, 5.74) is 0. The van der Waals surface area contributed by atoms with Gasteiger partial charge in [0.15, 0.2) is 0 Å². The maximum atomic E-state index is 12.9. The number of hydrogen-bond donors (Lipinski definition) is 0. The van der Waals surface area contributed by atoms with Crippen molar-refractivity contribution in [3.05, 3.63) is 121 Å². The van der Waals surface area contributed by atoms with Crippen LogP contribution in [0.5, 0.6) is 5.75 Å². The zero-order chi connectivity index (χ0) is 22.9. The zero-order valence-electron chi connectivity index (χ0n) is 17.6. The monoisotopic (exact) mass is 452 g/mol. The first-order valence-corrected chi connectivity index (χ1v) is 12.2. The molecule has 162 valence electrons. The molecule has 0 aliphatic carbocycles. The van der Waals surface area contributed by atoms with Gasteiger partial charge in [-0.1, -0.05) is 119 Å². The third-order valence-electron chi connectivity index (χ3n) is 4.94. The Morgan fingerprint density at radius 2 is 0.879 bits per heavy atom. The van der Waals surface area contributed by atoms with Gasteiger partial charge in [-0.2, -0.15) is 0 Å². The van der Waals surface area contributed by atoms with E-state index in [4.69, 9.17) is 9.16 Å². The first-order valence-electron chi connectivity index (χ1n) is 10.3. The number of benzene rings is 4. The lowest BCUT2D eigenvalue weighted by Gasteiger charge is -2.31. The fourth-order valence-corrected chi connectivity index (χ4v) is 7.18. The number of nitrogens with zero attached hydrogens (tertiary/aromatic N) is 2. The second-order valence-corrected chi connectivity index (χ2v) is 10.3. The molecule has 0 aliphatic heterocycles. The van der Waals surface area contributed by atoms with Crippen molar-refractivity contribution in [3.63, 3.8) is 0 Å². The second-order valence-electron chi connectivity index (χ2n) is 7.03. The van der Waals surface area contributed by atoms with Crippen molar-refractivity contribution < 1.29 is 18.8 Å². The van der Waals surface area contributed by atoms with Gasteiger partial charge in [0.2, 0.25) is 0 Å².